The highest BCUT2D eigenvalue weighted by atomic mass is 32.2. The second-order valence-electron chi connectivity index (χ2n) is 8.80. The van der Waals surface area contributed by atoms with Gasteiger partial charge in [0.2, 0.25) is 10.0 Å². The number of amides is 1. The molecule has 1 heterocycles. The molecule has 2 unspecified atom stereocenters. The molecule has 184 valence electrons. The lowest BCUT2D eigenvalue weighted by molar-refractivity contribution is -0.124. The van der Waals surface area contributed by atoms with Gasteiger partial charge < -0.3 is 14.8 Å². The number of esters is 1. The average Bonchev–Trinajstić information content (AvgIpc) is 2.82. The van der Waals surface area contributed by atoms with Gasteiger partial charge in [0.05, 0.1) is 12.7 Å². The molecule has 34 heavy (non-hydrogen) atoms. The Kier molecular flexibility index (Phi) is 8.68. The van der Waals surface area contributed by atoms with Gasteiger partial charge in [0.1, 0.15) is 10.6 Å². The molecule has 1 aliphatic rings. The van der Waals surface area contributed by atoms with E-state index in [1.165, 1.54) is 29.6 Å². The smallest absolute Gasteiger partial charge is 0.338 e. The van der Waals surface area contributed by atoms with Crippen LogP contribution in [0.25, 0.3) is 0 Å². The standard InChI is InChI=1S/C25H32N2O6S/c1-18-13-19(2)16-27(15-18)34(30,31)23-14-21(9-10-22(23)32-3)25(29)33-17-24(28)26-12-11-20-7-5-4-6-8-20/h4-10,14,18-19H,11-13,15-17H2,1-3H3,(H,26,28). The Morgan fingerprint density at radius 3 is 2.38 bits per heavy atom. The SMILES string of the molecule is COc1ccc(C(=O)OCC(=O)NCCc2ccccc2)cc1S(=O)(=O)N1CC(C)CC(C)C1. The van der Waals surface area contributed by atoms with Crippen LogP contribution in [0.3, 0.4) is 0 Å². The zero-order chi connectivity index (χ0) is 24.7. The first-order chi connectivity index (χ1) is 16.2. The molecule has 1 aliphatic heterocycles. The zero-order valence-electron chi connectivity index (χ0n) is 19.8. The first kappa shape index (κ1) is 25.7. The number of ether oxygens (including phenoxy) is 2. The van der Waals surface area contributed by atoms with Crippen molar-refractivity contribution in [3.8, 4) is 5.75 Å². The van der Waals surface area contributed by atoms with Crippen molar-refractivity contribution in [3.63, 3.8) is 0 Å². The summed E-state index contributed by atoms with van der Waals surface area (Å²) in [6, 6.07) is 13.8. The fourth-order valence-electron chi connectivity index (χ4n) is 4.20. The van der Waals surface area contributed by atoms with Crippen molar-refractivity contribution in [2.75, 3.05) is 33.4 Å². The average molecular weight is 489 g/mol. The van der Waals surface area contributed by atoms with E-state index in [1.807, 2.05) is 44.2 Å². The van der Waals surface area contributed by atoms with E-state index in [0.29, 0.717) is 26.1 Å². The monoisotopic (exact) mass is 488 g/mol. The van der Waals surface area contributed by atoms with Crippen molar-refractivity contribution in [2.24, 2.45) is 11.8 Å². The first-order valence-electron chi connectivity index (χ1n) is 11.4. The summed E-state index contributed by atoms with van der Waals surface area (Å²) in [6.45, 7) is 4.82. The van der Waals surface area contributed by atoms with Gasteiger partial charge in [0.15, 0.2) is 6.61 Å². The molecular weight excluding hydrogens is 456 g/mol. The molecule has 0 saturated carbocycles. The molecule has 0 bridgehead atoms. The number of sulfonamides is 1. The second kappa shape index (κ2) is 11.5. The Morgan fingerprint density at radius 2 is 1.74 bits per heavy atom. The summed E-state index contributed by atoms with van der Waals surface area (Å²) in [4.78, 5) is 24.5. The van der Waals surface area contributed by atoms with Crippen LogP contribution in [-0.2, 0) is 26.0 Å². The maximum absolute atomic E-state index is 13.4. The van der Waals surface area contributed by atoms with E-state index in [2.05, 4.69) is 5.32 Å². The van der Waals surface area contributed by atoms with Gasteiger partial charge in [-0.15, -0.1) is 0 Å². The van der Waals surface area contributed by atoms with Crippen LogP contribution in [0.1, 0.15) is 36.2 Å². The highest BCUT2D eigenvalue weighted by molar-refractivity contribution is 7.89. The van der Waals surface area contributed by atoms with Crippen LogP contribution in [0, 0.1) is 11.8 Å². The van der Waals surface area contributed by atoms with Crippen LogP contribution in [-0.4, -0.2) is 58.0 Å². The minimum Gasteiger partial charge on any atom is -0.495 e. The summed E-state index contributed by atoms with van der Waals surface area (Å²) >= 11 is 0. The van der Waals surface area contributed by atoms with Crippen LogP contribution in [0.4, 0.5) is 0 Å². The largest absolute Gasteiger partial charge is 0.495 e. The summed E-state index contributed by atoms with van der Waals surface area (Å²) in [6.07, 6.45) is 1.62. The lowest BCUT2D eigenvalue weighted by Crippen LogP contribution is -2.42. The second-order valence-corrected chi connectivity index (χ2v) is 10.7. The Labute approximate surface area is 201 Å². The number of carbonyl (C=O) groups is 2. The van der Waals surface area contributed by atoms with Gasteiger partial charge in [-0.05, 0) is 48.4 Å². The molecule has 9 heteroatoms. The third-order valence-corrected chi connectivity index (χ3v) is 7.62. The van der Waals surface area contributed by atoms with Crippen LogP contribution in [0.5, 0.6) is 5.75 Å². The number of nitrogens with zero attached hydrogens (tertiary/aromatic N) is 1. The van der Waals surface area contributed by atoms with Crippen molar-refractivity contribution in [1.29, 1.82) is 0 Å². The Hall–Kier alpha value is -2.91. The van der Waals surface area contributed by atoms with Crippen LogP contribution in [0.2, 0.25) is 0 Å². The molecule has 1 saturated heterocycles. The maximum Gasteiger partial charge on any atom is 0.338 e. The number of methoxy groups -OCH3 is 1. The Morgan fingerprint density at radius 1 is 1.06 bits per heavy atom. The molecule has 1 fully saturated rings. The number of benzene rings is 2. The van der Waals surface area contributed by atoms with E-state index in [-0.39, 0.29) is 28.0 Å². The molecule has 8 nitrogen and oxygen atoms in total. The summed E-state index contributed by atoms with van der Waals surface area (Å²) in [7, 11) is -2.49. The van der Waals surface area contributed by atoms with E-state index in [9.17, 15) is 18.0 Å². The van der Waals surface area contributed by atoms with E-state index >= 15 is 0 Å². The van der Waals surface area contributed by atoms with Crippen molar-refractivity contribution in [1.82, 2.24) is 9.62 Å². The van der Waals surface area contributed by atoms with Gasteiger partial charge in [-0.3, -0.25) is 4.79 Å². The van der Waals surface area contributed by atoms with Crippen molar-refractivity contribution < 1.29 is 27.5 Å². The van der Waals surface area contributed by atoms with Crippen molar-refractivity contribution in [3.05, 3.63) is 59.7 Å². The van der Waals surface area contributed by atoms with Gasteiger partial charge in [0.25, 0.3) is 5.91 Å². The molecule has 0 spiro atoms. The third-order valence-electron chi connectivity index (χ3n) is 5.77. The number of piperidine rings is 1. The normalized spacial score (nSPS) is 18.8. The van der Waals surface area contributed by atoms with Crippen molar-refractivity contribution >= 4 is 21.9 Å². The van der Waals surface area contributed by atoms with Gasteiger partial charge in [0, 0.05) is 19.6 Å². The zero-order valence-corrected chi connectivity index (χ0v) is 20.6. The molecule has 1 N–H and O–H groups in total. The fraction of sp³-hybridized carbons (Fsp3) is 0.440. The number of hydrogen-bond acceptors (Lipinski definition) is 6. The molecule has 0 radical (unpaired) electrons. The molecule has 2 atom stereocenters. The van der Waals surface area contributed by atoms with Gasteiger partial charge in [-0.2, -0.15) is 4.31 Å². The third kappa shape index (κ3) is 6.57. The van der Waals surface area contributed by atoms with Crippen LogP contribution >= 0.6 is 0 Å². The lowest BCUT2D eigenvalue weighted by Gasteiger charge is -2.34. The molecule has 2 aromatic carbocycles. The predicted molar refractivity (Wildman–Crippen MR) is 128 cm³/mol. The number of rotatable bonds is 9. The van der Waals surface area contributed by atoms with E-state index in [0.717, 1.165) is 12.0 Å². The number of carbonyl (C=O) groups excluding carboxylic acids is 2. The molecule has 0 aromatic heterocycles. The molecule has 1 amide bonds. The highest BCUT2D eigenvalue weighted by Gasteiger charge is 2.34. The quantitative estimate of drug-likeness (QED) is 0.545. The summed E-state index contributed by atoms with van der Waals surface area (Å²) in [5.74, 6) is -0.586. The molecule has 2 aromatic rings. The van der Waals surface area contributed by atoms with E-state index in [4.69, 9.17) is 9.47 Å². The molecule has 3 rings (SSSR count). The highest BCUT2D eigenvalue weighted by Crippen LogP contribution is 2.32. The number of nitrogens with one attached hydrogen (secondary N) is 1. The fourth-order valence-corrected chi connectivity index (χ4v) is 6.06. The van der Waals surface area contributed by atoms with Crippen LogP contribution in [0.15, 0.2) is 53.4 Å². The van der Waals surface area contributed by atoms with Crippen molar-refractivity contribution in [2.45, 2.75) is 31.6 Å². The van der Waals surface area contributed by atoms with Gasteiger partial charge >= 0.3 is 5.97 Å². The summed E-state index contributed by atoms with van der Waals surface area (Å²) in [5.41, 5.74) is 1.12. The maximum atomic E-state index is 13.4. The van der Waals surface area contributed by atoms with Gasteiger partial charge in [-0.1, -0.05) is 44.2 Å². The summed E-state index contributed by atoms with van der Waals surface area (Å²) in [5, 5.41) is 2.70. The minimum absolute atomic E-state index is 0.0366. The minimum atomic E-state index is -3.88. The topological polar surface area (TPSA) is 102 Å². The molecule has 0 aliphatic carbocycles. The Balaban J connectivity index is 1.63. The van der Waals surface area contributed by atoms with E-state index < -0.39 is 28.5 Å². The lowest BCUT2D eigenvalue weighted by atomic mass is 9.94. The predicted octanol–water partition coefficient (Wildman–Crippen LogP) is 2.88. The Bertz CT molecular complexity index is 1090. The van der Waals surface area contributed by atoms with Gasteiger partial charge in [-0.25, -0.2) is 13.2 Å². The van der Waals surface area contributed by atoms with E-state index in [1.54, 1.807) is 0 Å². The van der Waals surface area contributed by atoms with Crippen LogP contribution < -0.4 is 10.1 Å². The summed E-state index contributed by atoms with van der Waals surface area (Å²) < 4.78 is 38.6. The molecular formula is C25H32N2O6S. The first-order valence-corrected chi connectivity index (χ1v) is 12.8. The number of hydrogen-bond donors (Lipinski definition) is 1.